The topological polar surface area (TPSA) is 17.1 Å². The third kappa shape index (κ3) is 6.81. The van der Waals surface area contributed by atoms with Crippen molar-refractivity contribution in [3.8, 4) is 11.8 Å². The SMILES string of the molecule is CCCCCCCCC#CC(=O)C(CC)(CC)CC. The summed E-state index contributed by atoms with van der Waals surface area (Å²) in [5, 5.41) is 0. The van der Waals surface area contributed by atoms with Crippen LogP contribution in [0.15, 0.2) is 0 Å². The standard InChI is InChI=1S/C18H32O/c1-5-9-10-11-12-13-14-15-16-17(19)18(6-2,7-3)8-4/h5-14H2,1-4H3. The molecule has 1 nitrogen and oxygen atoms in total. The molecule has 1 heteroatoms. The number of rotatable bonds is 10. The zero-order valence-corrected chi connectivity index (χ0v) is 13.5. The third-order valence-corrected chi connectivity index (χ3v) is 4.37. The Bertz CT molecular complexity index is 280. The van der Waals surface area contributed by atoms with Crippen LogP contribution in [0.3, 0.4) is 0 Å². The van der Waals surface area contributed by atoms with Crippen molar-refractivity contribution in [2.45, 2.75) is 91.9 Å². The highest BCUT2D eigenvalue weighted by Gasteiger charge is 2.31. The molecular formula is C18H32O. The Morgan fingerprint density at radius 3 is 1.89 bits per heavy atom. The van der Waals surface area contributed by atoms with Crippen LogP contribution >= 0.6 is 0 Å². The largest absolute Gasteiger partial charge is 0.284 e. The zero-order valence-electron chi connectivity index (χ0n) is 13.5. The van der Waals surface area contributed by atoms with Crippen LogP contribution in [0, 0.1) is 17.3 Å². The third-order valence-electron chi connectivity index (χ3n) is 4.37. The van der Waals surface area contributed by atoms with Crippen molar-refractivity contribution in [3.05, 3.63) is 0 Å². The number of Topliss-reactive ketones (excluding diaryl/α,β-unsaturated/α-hetero) is 1. The predicted octanol–water partition coefficient (Wildman–Crippen LogP) is 5.53. The van der Waals surface area contributed by atoms with Crippen molar-refractivity contribution in [2.24, 2.45) is 5.41 Å². The van der Waals surface area contributed by atoms with Crippen molar-refractivity contribution in [1.82, 2.24) is 0 Å². The number of ketones is 1. The summed E-state index contributed by atoms with van der Waals surface area (Å²) >= 11 is 0. The van der Waals surface area contributed by atoms with Crippen LogP contribution in [-0.4, -0.2) is 5.78 Å². The molecule has 110 valence electrons. The maximum atomic E-state index is 12.2. The molecule has 0 aromatic rings. The second-order valence-corrected chi connectivity index (χ2v) is 5.49. The lowest BCUT2D eigenvalue weighted by atomic mass is 9.76. The molecule has 0 saturated carbocycles. The molecule has 0 heterocycles. The molecule has 0 aliphatic rings. The second-order valence-electron chi connectivity index (χ2n) is 5.49. The summed E-state index contributed by atoms with van der Waals surface area (Å²) in [5.41, 5.74) is -0.186. The summed E-state index contributed by atoms with van der Waals surface area (Å²) in [6.45, 7) is 8.53. The van der Waals surface area contributed by atoms with Crippen molar-refractivity contribution >= 4 is 5.78 Å². The van der Waals surface area contributed by atoms with E-state index in [0.717, 1.165) is 32.1 Å². The van der Waals surface area contributed by atoms with Gasteiger partial charge < -0.3 is 0 Å². The average molecular weight is 264 g/mol. The lowest BCUT2D eigenvalue weighted by molar-refractivity contribution is -0.123. The minimum absolute atomic E-state index is 0.158. The first-order valence-corrected chi connectivity index (χ1v) is 8.20. The Kier molecular flexibility index (Phi) is 10.6. The molecule has 0 fully saturated rings. The van der Waals surface area contributed by atoms with Gasteiger partial charge in [-0.15, -0.1) is 0 Å². The van der Waals surface area contributed by atoms with Gasteiger partial charge in [0.1, 0.15) is 0 Å². The molecule has 19 heavy (non-hydrogen) atoms. The average Bonchev–Trinajstić information content (AvgIpc) is 2.44. The first-order valence-electron chi connectivity index (χ1n) is 8.20. The van der Waals surface area contributed by atoms with Gasteiger partial charge in [-0.3, -0.25) is 4.79 Å². The minimum Gasteiger partial charge on any atom is -0.284 e. The minimum atomic E-state index is -0.186. The Morgan fingerprint density at radius 2 is 1.37 bits per heavy atom. The fourth-order valence-corrected chi connectivity index (χ4v) is 2.50. The van der Waals surface area contributed by atoms with Crippen molar-refractivity contribution in [3.63, 3.8) is 0 Å². The molecule has 0 atom stereocenters. The van der Waals surface area contributed by atoms with E-state index in [0.29, 0.717) is 0 Å². The summed E-state index contributed by atoms with van der Waals surface area (Å²) in [5.74, 6) is 6.13. The highest BCUT2D eigenvalue weighted by Crippen LogP contribution is 2.31. The van der Waals surface area contributed by atoms with E-state index in [2.05, 4.69) is 39.5 Å². The van der Waals surface area contributed by atoms with Crippen LogP contribution in [0.1, 0.15) is 91.9 Å². The summed E-state index contributed by atoms with van der Waals surface area (Å²) in [7, 11) is 0. The molecule has 0 bridgehead atoms. The number of carbonyl (C=O) groups is 1. The molecule has 0 N–H and O–H groups in total. The maximum Gasteiger partial charge on any atom is 0.211 e. The fourth-order valence-electron chi connectivity index (χ4n) is 2.50. The second kappa shape index (κ2) is 11.1. The van der Waals surface area contributed by atoms with E-state index in [1.807, 2.05) is 0 Å². The van der Waals surface area contributed by atoms with E-state index in [1.54, 1.807) is 0 Å². The maximum absolute atomic E-state index is 12.2. The van der Waals surface area contributed by atoms with Gasteiger partial charge in [0.05, 0.1) is 0 Å². The summed E-state index contributed by atoms with van der Waals surface area (Å²) in [4.78, 5) is 12.2. The van der Waals surface area contributed by atoms with Gasteiger partial charge in [0.2, 0.25) is 5.78 Å². The first-order chi connectivity index (χ1) is 9.16. The lowest BCUT2D eigenvalue weighted by Crippen LogP contribution is -2.27. The van der Waals surface area contributed by atoms with Crippen LogP contribution in [0.25, 0.3) is 0 Å². The Labute approximate surface area is 120 Å². The smallest absolute Gasteiger partial charge is 0.211 e. The van der Waals surface area contributed by atoms with Crippen LogP contribution in [0.4, 0.5) is 0 Å². The van der Waals surface area contributed by atoms with Gasteiger partial charge in [-0.25, -0.2) is 0 Å². The van der Waals surface area contributed by atoms with E-state index in [4.69, 9.17) is 0 Å². The Balaban J connectivity index is 3.97. The van der Waals surface area contributed by atoms with Gasteiger partial charge in [0.15, 0.2) is 0 Å². The summed E-state index contributed by atoms with van der Waals surface area (Å²) < 4.78 is 0. The normalized spacial score (nSPS) is 10.9. The molecule has 0 saturated heterocycles. The molecule has 0 unspecified atom stereocenters. The van der Waals surface area contributed by atoms with Gasteiger partial charge in [-0.1, -0.05) is 65.7 Å². The van der Waals surface area contributed by atoms with Crippen molar-refractivity contribution in [1.29, 1.82) is 0 Å². The highest BCUT2D eigenvalue weighted by molar-refractivity contribution is 6.00. The van der Waals surface area contributed by atoms with E-state index in [1.165, 1.54) is 32.1 Å². The molecule has 0 amide bonds. The van der Waals surface area contributed by atoms with Crippen LogP contribution in [0.2, 0.25) is 0 Å². The molecule has 0 aliphatic heterocycles. The van der Waals surface area contributed by atoms with Gasteiger partial charge >= 0.3 is 0 Å². The zero-order chi connectivity index (χ0) is 14.6. The highest BCUT2D eigenvalue weighted by atomic mass is 16.1. The van der Waals surface area contributed by atoms with Crippen molar-refractivity contribution in [2.75, 3.05) is 0 Å². The monoisotopic (exact) mass is 264 g/mol. The summed E-state index contributed by atoms with van der Waals surface area (Å²) in [6.07, 6.45) is 11.3. The molecule has 0 radical (unpaired) electrons. The van der Waals surface area contributed by atoms with E-state index in [9.17, 15) is 4.79 Å². The van der Waals surface area contributed by atoms with Gasteiger partial charge in [-0.2, -0.15) is 0 Å². The van der Waals surface area contributed by atoms with Crippen LogP contribution in [-0.2, 0) is 4.79 Å². The number of hydrogen-bond donors (Lipinski definition) is 0. The lowest BCUT2D eigenvalue weighted by Gasteiger charge is -2.25. The number of hydrogen-bond acceptors (Lipinski definition) is 1. The molecule has 0 aliphatic carbocycles. The molecule has 0 rings (SSSR count). The van der Waals surface area contributed by atoms with Crippen molar-refractivity contribution < 1.29 is 4.79 Å². The van der Waals surface area contributed by atoms with Crippen LogP contribution in [0.5, 0.6) is 0 Å². The molecule has 0 spiro atoms. The Hall–Kier alpha value is -0.770. The first kappa shape index (κ1) is 18.2. The van der Waals surface area contributed by atoms with E-state index in [-0.39, 0.29) is 11.2 Å². The predicted molar refractivity (Wildman–Crippen MR) is 84.1 cm³/mol. The van der Waals surface area contributed by atoms with Gasteiger partial charge in [0.25, 0.3) is 0 Å². The fraction of sp³-hybridized carbons (Fsp3) is 0.833. The summed E-state index contributed by atoms with van der Waals surface area (Å²) in [6, 6.07) is 0. The molecular weight excluding hydrogens is 232 g/mol. The molecule has 0 aromatic heterocycles. The number of unbranched alkanes of at least 4 members (excludes halogenated alkanes) is 6. The van der Waals surface area contributed by atoms with Gasteiger partial charge in [0, 0.05) is 11.8 Å². The molecule has 0 aromatic carbocycles. The Morgan fingerprint density at radius 1 is 0.842 bits per heavy atom. The van der Waals surface area contributed by atoms with E-state index < -0.39 is 0 Å². The van der Waals surface area contributed by atoms with E-state index >= 15 is 0 Å². The van der Waals surface area contributed by atoms with Crippen LogP contribution < -0.4 is 0 Å². The quantitative estimate of drug-likeness (QED) is 0.288. The number of carbonyl (C=O) groups excluding carboxylic acids is 1. The van der Waals surface area contributed by atoms with Gasteiger partial charge in [-0.05, 0) is 31.6 Å².